The Morgan fingerprint density at radius 2 is 2.18 bits per heavy atom. The second-order valence-corrected chi connectivity index (χ2v) is 3.49. The number of hydrogen-bond acceptors (Lipinski definition) is 3. The van der Waals surface area contributed by atoms with Crippen molar-refractivity contribution >= 4 is 5.82 Å². The predicted octanol–water partition coefficient (Wildman–Crippen LogP) is 2.28. The number of benzene rings is 1. The van der Waals surface area contributed by atoms with Crippen LogP contribution >= 0.6 is 0 Å². The van der Waals surface area contributed by atoms with E-state index in [0.717, 1.165) is 6.07 Å². The number of hydrogen-bond donors (Lipinski definition) is 2. The van der Waals surface area contributed by atoms with E-state index in [2.05, 4.69) is 10.2 Å². The first-order chi connectivity index (χ1) is 8.17. The number of rotatable bonds is 3. The van der Waals surface area contributed by atoms with Gasteiger partial charge in [-0.15, -0.1) is 0 Å². The summed E-state index contributed by atoms with van der Waals surface area (Å²) in [7, 11) is 1.34. The van der Waals surface area contributed by atoms with Gasteiger partial charge in [-0.1, -0.05) is 0 Å². The number of nitrogen functional groups attached to an aromatic ring is 1. The maximum atomic E-state index is 13.7. The van der Waals surface area contributed by atoms with Crippen LogP contribution in [0.4, 0.5) is 14.6 Å². The van der Waals surface area contributed by atoms with Crippen molar-refractivity contribution in [3.05, 3.63) is 29.7 Å². The first-order valence-electron chi connectivity index (χ1n) is 4.89. The van der Waals surface area contributed by atoms with Crippen molar-refractivity contribution < 1.29 is 13.5 Å². The molecule has 0 saturated carbocycles. The molecule has 0 amide bonds. The summed E-state index contributed by atoms with van der Waals surface area (Å²) in [5.74, 6) is -0.327. The van der Waals surface area contributed by atoms with Gasteiger partial charge in [-0.3, -0.25) is 5.10 Å². The predicted molar refractivity (Wildman–Crippen MR) is 59.8 cm³/mol. The monoisotopic (exact) mass is 239 g/mol. The molecule has 1 aromatic carbocycles. The highest BCUT2D eigenvalue weighted by Crippen LogP contribution is 2.35. The van der Waals surface area contributed by atoms with Gasteiger partial charge in [0.05, 0.1) is 13.3 Å². The molecule has 0 bridgehead atoms. The zero-order chi connectivity index (χ0) is 12.4. The van der Waals surface area contributed by atoms with E-state index in [-0.39, 0.29) is 17.1 Å². The van der Waals surface area contributed by atoms with Crippen LogP contribution in [0.1, 0.15) is 5.56 Å². The molecule has 1 aromatic heterocycles. The van der Waals surface area contributed by atoms with Crippen LogP contribution in [0.2, 0.25) is 0 Å². The highest BCUT2D eigenvalue weighted by Gasteiger charge is 2.16. The number of H-pyrrole nitrogens is 1. The number of methoxy groups -OCH3 is 1. The number of ether oxygens (including phenoxy) is 1. The Kier molecular flexibility index (Phi) is 2.95. The van der Waals surface area contributed by atoms with E-state index >= 15 is 0 Å². The Hall–Kier alpha value is -2.11. The molecule has 0 fully saturated rings. The van der Waals surface area contributed by atoms with Gasteiger partial charge in [0, 0.05) is 11.1 Å². The van der Waals surface area contributed by atoms with Crippen molar-refractivity contribution in [1.29, 1.82) is 0 Å². The van der Waals surface area contributed by atoms with Gasteiger partial charge in [-0.05, 0) is 17.7 Å². The van der Waals surface area contributed by atoms with E-state index < -0.39 is 12.5 Å². The third kappa shape index (κ3) is 1.93. The molecule has 0 aliphatic rings. The van der Waals surface area contributed by atoms with Gasteiger partial charge in [-0.25, -0.2) is 8.78 Å². The lowest BCUT2D eigenvalue weighted by Gasteiger charge is -2.10. The Bertz CT molecular complexity index is 540. The van der Waals surface area contributed by atoms with Gasteiger partial charge in [0.1, 0.15) is 12.5 Å². The standard InChI is InChI=1S/C11H11F2N3O/c1-17-10-7(8-5-15-16-11(8)14)2-6(4-12)3-9(10)13/h2-3,5H,4H2,1H3,(H3,14,15,16). The van der Waals surface area contributed by atoms with E-state index in [1.54, 1.807) is 0 Å². The second kappa shape index (κ2) is 4.40. The minimum Gasteiger partial charge on any atom is -0.493 e. The number of nitrogens with zero attached hydrogens (tertiary/aromatic N) is 1. The van der Waals surface area contributed by atoms with E-state index in [4.69, 9.17) is 10.5 Å². The van der Waals surface area contributed by atoms with Gasteiger partial charge in [0.15, 0.2) is 11.6 Å². The van der Waals surface area contributed by atoms with E-state index in [1.165, 1.54) is 19.4 Å². The quantitative estimate of drug-likeness (QED) is 0.863. The highest BCUT2D eigenvalue weighted by molar-refractivity contribution is 5.78. The lowest BCUT2D eigenvalue weighted by atomic mass is 10.0. The minimum absolute atomic E-state index is 0.0234. The number of aromatic nitrogens is 2. The first kappa shape index (κ1) is 11.4. The van der Waals surface area contributed by atoms with Crippen LogP contribution in [0.15, 0.2) is 18.3 Å². The summed E-state index contributed by atoms with van der Waals surface area (Å²) in [6.07, 6.45) is 1.44. The summed E-state index contributed by atoms with van der Waals surface area (Å²) in [4.78, 5) is 0. The number of anilines is 1. The Morgan fingerprint density at radius 3 is 2.71 bits per heavy atom. The number of halogens is 2. The summed E-state index contributed by atoms with van der Waals surface area (Å²) in [6, 6.07) is 2.59. The van der Waals surface area contributed by atoms with E-state index in [0.29, 0.717) is 11.1 Å². The van der Waals surface area contributed by atoms with Crippen molar-refractivity contribution in [2.45, 2.75) is 6.67 Å². The maximum Gasteiger partial charge on any atom is 0.166 e. The van der Waals surface area contributed by atoms with Crippen LogP contribution in [0, 0.1) is 5.82 Å². The molecule has 3 N–H and O–H groups in total. The van der Waals surface area contributed by atoms with Gasteiger partial charge >= 0.3 is 0 Å². The topological polar surface area (TPSA) is 63.9 Å². The lowest BCUT2D eigenvalue weighted by molar-refractivity contribution is 0.386. The molecular formula is C11H11F2N3O. The maximum absolute atomic E-state index is 13.7. The lowest BCUT2D eigenvalue weighted by Crippen LogP contribution is -1.96. The van der Waals surface area contributed by atoms with Gasteiger partial charge in [0.2, 0.25) is 0 Å². The van der Waals surface area contributed by atoms with Crippen LogP contribution in [-0.4, -0.2) is 17.3 Å². The summed E-state index contributed by atoms with van der Waals surface area (Å²) in [6.45, 7) is -0.758. The molecule has 1 heterocycles. The Balaban J connectivity index is 2.66. The fourth-order valence-corrected chi connectivity index (χ4v) is 1.65. The molecule has 0 aliphatic heterocycles. The van der Waals surface area contributed by atoms with Crippen LogP contribution < -0.4 is 10.5 Å². The van der Waals surface area contributed by atoms with Gasteiger partial charge < -0.3 is 10.5 Å². The fourth-order valence-electron chi connectivity index (χ4n) is 1.65. The molecule has 2 aromatic rings. The summed E-state index contributed by atoms with van der Waals surface area (Å²) >= 11 is 0. The van der Waals surface area contributed by atoms with Crippen LogP contribution in [-0.2, 0) is 6.67 Å². The third-order valence-electron chi connectivity index (χ3n) is 2.42. The van der Waals surface area contributed by atoms with Crippen LogP contribution in [0.5, 0.6) is 5.75 Å². The molecule has 2 rings (SSSR count). The Labute approximate surface area is 96.4 Å². The molecule has 0 spiro atoms. The number of nitrogens with two attached hydrogens (primary N) is 1. The average Bonchev–Trinajstić information content (AvgIpc) is 2.74. The van der Waals surface area contributed by atoms with E-state index in [1.807, 2.05) is 0 Å². The molecule has 0 aliphatic carbocycles. The van der Waals surface area contributed by atoms with E-state index in [9.17, 15) is 8.78 Å². The van der Waals surface area contributed by atoms with Crippen molar-refractivity contribution in [2.75, 3.05) is 12.8 Å². The summed E-state index contributed by atoms with van der Waals surface area (Å²) < 4.78 is 31.2. The molecule has 4 nitrogen and oxygen atoms in total. The summed E-state index contributed by atoms with van der Waals surface area (Å²) in [5, 5.41) is 6.27. The first-order valence-corrected chi connectivity index (χ1v) is 4.89. The molecule has 90 valence electrons. The Morgan fingerprint density at radius 1 is 1.41 bits per heavy atom. The molecule has 0 atom stereocenters. The van der Waals surface area contributed by atoms with Gasteiger partial charge in [-0.2, -0.15) is 5.10 Å². The zero-order valence-electron chi connectivity index (χ0n) is 9.13. The number of aromatic amines is 1. The highest BCUT2D eigenvalue weighted by atomic mass is 19.1. The van der Waals surface area contributed by atoms with Crippen LogP contribution in [0.25, 0.3) is 11.1 Å². The van der Waals surface area contributed by atoms with Crippen molar-refractivity contribution in [2.24, 2.45) is 0 Å². The second-order valence-electron chi connectivity index (χ2n) is 3.49. The van der Waals surface area contributed by atoms with Crippen molar-refractivity contribution in [1.82, 2.24) is 10.2 Å². The third-order valence-corrected chi connectivity index (χ3v) is 2.42. The molecule has 17 heavy (non-hydrogen) atoms. The van der Waals surface area contributed by atoms with Crippen LogP contribution in [0.3, 0.4) is 0 Å². The molecule has 0 radical (unpaired) electrons. The fraction of sp³-hybridized carbons (Fsp3) is 0.182. The molecule has 0 saturated heterocycles. The average molecular weight is 239 g/mol. The smallest absolute Gasteiger partial charge is 0.166 e. The minimum atomic E-state index is -0.758. The van der Waals surface area contributed by atoms with Crippen molar-refractivity contribution in [3.63, 3.8) is 0 Å². The zero-order valence-corrected chi connectivity index (χ0v) is 9.13. The molecular weight excluding hydrogens is 228 g/mol. The number of alkyl halides is 1. The number of nitrogens with one attached hydrogen (secondary N) is 1. The SMILES string of the molecule is COc1c(F)cc(CF)cc1-c1cn[nH]c1N. The molecule has 6 heteroatoms. The van der Waals surface area contributed by atoms with Gasteiger partial charge in [0.25, 0.3) is 0 Å². The largest absolute Gasteiger partial charge is 0.493 e. The molecule has 0 unspecified atom stereocenters. The normalized spacial score (nSPS) is 10.5. The van der Waals surface area contributed by atoms with Crippen molar-refractivity contribution in [3.8, 4) is 16.9 Å². The summed E-state index contributed by atoms with van der Waals surface area (Å²) in [5.41, 5.74) is 6.73.